The van der Waals surface area contributed by atoms with E-state index in [-0.39, 0.29) is 6.61 Å². The lowest BCUT2D eigenvalue weighted by Crippen LogP contribution is -2.30. The minimum Gasteiger partial charge on any atom is -0.460 e. The van der Waals surface area contributed by atoms with E-state index in [1.165, 1.54) is 0 Å². The Morgan fingerprint density at radius 3 is 2.64 bits per heavy atom. The highest BCUT2D eigenvalue weighted by Gasteiger charge is 2.17. The van der Waals surface area contributed by atoms with E-state index in [0.717, 1.165) is 6.08 Å². The zero-order chi connectivity index (χ0) is 8.91. The second kappa shape index (κ2) is 4.30. The van der Waals surface area contributed by atoms with Crippen molar-refractivity contribution < 1.29 is 14.0 Å². The van der Waals surface area contributed by atoms with Gasteiger partial charge in [-0.05, 0) is 13.8 Å². The standard InChI is InChI=1S/C7H11O3Si/c1-4-6(8)9-5-7(2,3)10-11/h4H,1,5H2,2-3H3. The minimum absolute atomic E-state index is 0.196. The van der Waals surface area contributed by atoms with E-state index in [1.54, 1.807) is 13.8 Å². The third kappa shape index (κ3) is 4.75. The molecule has 0 fully saturated rings. The molecule has 0 aliphatic carbocycles. The van der Waals surface area contributed by atoms with E-state index in [1.807, 2.05) is 0 Å². The molecule has 0 unspecified atom stereocenters. The number of ether oxygens (including phenoxy) is 1. The van der Waals surface area contributed by atoms with Gasteiger partial charge >= 0.3 is 5.97 Å². The summed E-state index contributed by atoms with van der Waals surface area (Å²) in [7, 11) is 2.87. The van der Waals surface area contributed by atoms with Crippen LogP contribution >= 0.6 is 0 Å². The molecule has 0 N–H and O–H groups in total. The van der Waals surface area contributed by atoms with Gasteiger partial charge in [-0.1, -0.05) is 6.58 Å². The third-order valence-corrected chi connectivity index (χ3v) is 1.56. The van der Waals surface area contributed by atoms with Crippen molar-refractivity contribution in [1.29, 1.82) is 0 Å². The minimum atomic E-state index is -0.504. The van der Waals surface area contributed by atoms with Crippen LogP contribution in [0, 0.1) is 0 Å². The van der Waals surface area contributed by atoms with Crippen molar-refractivity contribution in [2.75, 3.05) is 6.61 Å². The summed E-state index contributed by atoms with van der Waals surface area (Å²) in [6.07, 6.45) is 1.11. The van der Waals surface area contributed by atoms with Gasteiger partial charge in [-0.25, -0.2) is 4.79 Å². The number of carbonyl (C=O) groups is 1. The predicted octanol–water partition coefficient (Wildman–Crippen LogP) is 0.594. The fourth-order valence-corrected chi connectivity index (χ4v) is 0.392. The van der Waals surface area contributed by atoms with Crippen LogP contribution in [0.4, 0.5) is 0 Å². The SMILES string of the molecule is C=CC(=O)OCC(C)(C)O[Si]. The van der Waals surface area contributed by atoms with E-state index in [4.69, 9.17) is 9.16 Å². The molecule has 0 aromatic heterocycles. The van der Waals surface area contributed by atoms with Crippen LogP contribution < -0.4 is 0 Å². The summed E-state index contributed by atoms with van der Waals surface area (Å²) in [6.45, 7) is 7.03. The molecule has 0 aliphatic heterocycles. The zero-order valence-corrected chi connectivity index (χ0v) is 7.72. The molecule has 0 saturated heterocycles. The lowest BCUT2D eigenvalue weighted by atomic mass is 10.2. The molecule has 0 aromatic rings. The summed E-state index contributed by atoms with van der Waals surface area (Å²) in [5.74, 6) is -0.443. The van der Waals surface area contributed by atoms with Crippen LogP contribution in [-0.2, 0) is 14.0 Å². The first kappa shape index (κ1) is 10.4. The number of hydrogen-bond acceptors (Lipinski definition) is 3. The van der Waals surface area contributed by atoms with Crippen LogP contribution in [0.1, 0.15) is 13.8 Å². The van der Waals surface area contributed by atoms with Crippen molar-refractivity contribution in [2.45, 2.75) is 19.4 Å². The van der Waals surface area contributed by atoms with Gasteiger partial charge in [0.05, 0.1) is 5.60 Å². The Bertz CT molecular complexity index is 154. The molecule has 0 amide bonds. The molecule has 0 atom stereocenters. The maximum absolute atomic E-state index is 10.6. The summed E-state index contributed by atoms with van der Waals surface area (Å²) in [5.41, 5.74) is -0.504. The number of rotatable bonds is 4. The summed E-state index contributed by atoms with van der Waals surface area (Å²) in [6, 6.07) is 0. The first-order valence-electron chi connectivity index (χ1n) is 3.16. The molecular formula is C7H11O3Si. The highest BCUT2D eigenvalue weighted by atomic mass is 28.2. The Hall–Kier alpha value is -0.613. The van der Waals surface area contributed by atoms with Crippen LogP contribution in [0.15, 0.2) is 12.7 Å². The lowest BCUT2D eigenvalue weighted by molar-refractivity contribution is -0.142. The van der Waals surface area contributed by atoms with Crippen molar-refractivity contribution in [2.24, 2.45) is 0 Å². The van der Waals surface area contributed by atoms with Crippen LogP contribution in [0.3, 0.4) is 0 Å². The van der Waals surface area contributed by atoms with Crippen LogP contribution in [0.2, 0.25) is 0 Å². The Balaban J connectivity index is 3.69. The van der Waals surface area contributed by atoms with E-state index in [0.29, 0.717) is 0 Å². The Morgan fingerprint density at radius 1 is 1.73 bits per heavy atom. The molecule has 0 spiro atoms. The molecular weight excluding hydrogens is 160 g/mol. The van der Waals surface area contributed by atoms with Gasteiger partial charge in [0.1, 0.15) is 6.61 Å². The number of hydrogen-bond donors (Lipinski definition) is 0. The molecule has 3 nitrogen and oxygen atoms in total. The van der Waals surface area contributed by atoms with Gasteiger partial charge in [-0.2, -0.15) is 0 Å². The van der Waals surface area contributed by atoms with Gasteiger partial charge in [0, 0.05) is 6.08 Å². The van der Waals surface area contributed by atoms with Gasteiger partial charge in [0.15, 0.2) is 0 Å². The Kier molecular flexibility index (Phi) is 4.06. The average Bonchev–Trinajstić information content (AvgIpc) is 2.00. The van der Waals surface area contributed by atoms with Gasteiger partial charge in [0.25, 0.3) is 0 Å². The van der Waals surface area contributed by atoms with Crippen molar-refractivity contribution >= 4 is 16.5 Å². The maximum atomic E-state index is 10.6. The van der Waals surface area contributed by atoms with Crippen molar-refractivity contribution in [3.63, 3.8) is 0 Å². The first-order valence-corrected chi connectivity index (χ1v) is 3.56. The van der Waals surface area contributed by atoms with E-state index >= 15 is 0 Å². The molecule has 0 bridgehead atoms. The number of carbonyl (C=O) groups excluding carboxylic acids is 1. The van der Waals surface area contributed by atoms with Crippen molar-refractivity contribution in [3.05, 3.63) is 12.7 Å². The molecule has 11 heavy (non-hydrogen) atoms. The number of esters is 1. The average molecular weight is 171 g/mol. The predicted molar refractivity (Wildman–Crippen MR) is 42.1 cm³/mol. The quantitative estimate of drug-likeness (QED) is 0.353. The molecule has 3 radical (unpaired) electrons. The first-order chi connectivity index (χ1) is 5.02. The molecule has 0 aliphatic rings. The largest absolute Gasteiger partial charge is 0.460 e. The second-order valence-electron chi connectivity index (χ2n) is 2.67. The van der Waals surface area contributed by atoms with Gasteiger partial charge in [-0.3, -0.25) is 0 Å². The topological polar surface area (TPSA) is 35.5 Å². The van der Waals surface area contributed by atoms with Crippen LogP contribution in [-0.4, -0.2) is 28.7 Å². The van der Waals surface area contributed by atoms with Gasteiger partial charge < -0.3 is 9.16 Å². The summed E-state index contributed by atoms with van der Waals surface area (Å²) in [5, 5.41) is 0. The van der Waals surface area contributed by atoms with Crippen molar-refractivity contribution in [1.82, 2.24) is 0 Å². The van der Waals surface area contributed by atoms with Crippen LogP contribution in [0.5, 0.6) is 0 Å². The summed E-state index contributed by atoms with van der Waals surface area (Å²) < 4.78 is 9.56. The lowest BCUT2D eigenvalue weighted by Gasteiger charge is -2.21. The normalized spacial score (nSPS) is 10.8. The highest BCUT2D eigenvalue weighted by molar-refractivity contribution is 5.98. The van der Waals surface area contributed by atoms with E-state index in [9.17, 15) is 4.79 Å². The second-order valence-corrected chi connectivity index (χ2v) is 2.88. The maximum Gasteiger partial charge on any atom is 0.330 e. The van der Waals surface area contributed by atoms with Gasteiger partial charge in [0.2, 0.25) is 10.5 Å². The Morgan fingerprint density at radius 2 is 2.27 bits per heavy atom. The van der Waals surface area contributed by atoms with E-state index in [2.05, 4.69) is 17.1 Å². The monoisotopic (exact) mass is 171 g/mol. The molecule has 0 heterocycles. The fraction of sp³-hybridized carbons (Fsp3) is 0.571. The third-order valence-electron chi connectivity index (χ3n) is 1.00. The Labute approximate surface area is 69.9 Å². The van der Waals surface area contributed by atoms with Gasteiger partial charge in [-0.15, -0.1) is 0 Å². The smallest absolute Gasteiger partial charge is 0.330 e. The molecule has 61 valence electrons. The summed E-state index contributed by atoms with van der Waals surface area (Å²) >= 11 is 0. The molecule has 0 aromatic carbocycles. The zero-order valence-electron chi connectivity index (χ0n) is 6.72. The van der Waals surface area contributed by atoms with Crippen LogP contribution in [0.25, 0.3) is 0 Å². The molecule has 4 heteroatoms. The molecule has 0 rings (SSSR count). The fourth-order valence-electron chi connectivity index (χ4n) is 0.333. The molecule has 0 saturated carbocycles. The van der Waals surface area contributed by atoms with Crippen molar-refractivity contribution in [3.8, 4) is 0 Å². The summed E-state index contributed by atoms with van der Waals surface area (Å²) in [4.78, 5) is 10.6. The van der Waals surface area contributed by atoms with E-state index < -0.39 is 11.6 Å². The highest BCUT2D eigenvalue weighted by Crippen LogP contribution is 2.06.